The number of rotatable bonds is 2. The van der Waals surface area contributed by atoms with Gasteiger partial charge in [-0.05, 0) is 12.3 Å². The predicted octanol–water partition coefficient (Wildman–Crippen LogP) is -0.145. The minimum Gasteiger partial charge on any atom is -0.324 e. The average Bonchev–Trinajstić information content (AvgIpc) is 2.71. The Hall–Kier alpha value is -0.880. The van der Waals surface area contributed by atoms with Crippen LogP contribution in [0.5, 0.6) is 0 Å². The topological polar surface area (TPSA) is 78.0 Å². The Kier molecular flexibility index (Phi) is 2.56. The van der Waals surface area contributed by atoms with E-state index in [2.05, 4.69) is 5.10 Å². The maximum absolute atomic E-state index is 11.3. The summed E-state index contributed by atoms with van der Waals surface area (Å²) in [5.74, 6) is 0.522. The smallest absolute Gasteiger partial charge is 0.150 e. The van der Waals surface area contributed by atoms with Gasteiger partial charge in [0.2, 0.25) is 0 Å². The van der Waals surface area contributed by atoms with Gasteiger partial charge in [0, 0.05) is 24.8 Å². The summed E-state index contributed by atoms with van der Waals surface area (Å²) in [7, 11) is -1.03. The van der Waals surface area contributed by atoms with Crippen LogP contribution < -0.4 is 5.73 Å². The standard InChI is InChI=1S/C9H15N3O2S/c1-12-5-8(4-11-12)9(10)7-2-3-15(13,14)6-7/h4-5,7,9H,2-3,6,10H2,1H3. The summed E-state index contributed by atoms with van der Waals surface area (Å²) in [6, 6.07) is -0.212. The summed E-state index contributed by atoms with van der Waals surface area (Å²) < 4.78 is 24.3. The molecular formula is C9H15N3O2S. The van der Waals surface area contributed by atoms with Crippen molar-refractivity contribution in [1.82, 2.24) is 9.78 Å². The zero-order chi connectivity index (χ0) is 11.1. The molecule has 2 atom stereocenters. The molecule has 1 fully saturated rings. The third-order valence-corrected chi connectivity index (χ3v) is 4.68. The van der Waals surface area contributed by atoms with Crippen molar-refractivity contribution in [2.45, 2.75) is 12.5 Å². The van der Waals surface area contributed by atoms with Crippen LogP contribution in [0.2, 0.25) is 0 Å². The molecule has 1 aromatic rings. The van der Waals surface area contributed by atoms with Crippen LogP contribution in [-0.4, -0.2) is 29.7 Å². The van der Waals surface area contributed by atoms with Crippen LogP contribution in [0.1, 0.15) is 18.0 Å². The second kappa shape index (κ2) is 3.61. The molecule has 0 bridgehead atoms. The fourth-order valence-electron chi connectivity index (χ4n) is 1.99. The van der Waals surface area contributed by atoms with Gasteiger partial charge in [-0.1, -0.05) is 0 Å². The molecular weight excluding hydrogens is 214 g/mol. The molecule has 0 amide bonds. The molecule has 5 nitrogen and oxygen atoms in total. The van der Waals surface area contributed by atoms with Crippen molar-refractivity contribution in [3.05, 3.63) is 18.0 Å². The summed E-state index contributed by atoms with van der Waals surface area (Å²) in [5, 5.41) is 4.03. The van der Waals surface area contributed by atoms with E-state index in [1.54, 1.807) is 10.9 Å². The van der Waals surface area contributed by atoms with E-state index in [-0.39, 0.29) is 23.5 Å². The molecule has 0 spiro atoms. The van der Waals surface area contributed by atoms with E-state index in [4.69, 9.17) is 5.73 Å². The maximum Gasteiger partial charge on any atom is 0.150 e. The summed E-state index contributed by atoms with van der Waals surface area (Å²) in [6.45, 7) is 0. The monoisotopic (exact) mass is 229 g/mol. The molecule has 1 aliphatic heterocycles. The highest BCUT2D eigenvalue weighted by molar-refractivity contribution is 7.91. The molecule has 0 aromatic carbocycles. The van der Waals surface area contributed by atoms with Crippen molar-refractivity contribution in [2.75, 3.05) is 11.5 Å². The predicted molar refractivity (Wildman–Crippen MR) is 56.9 cm³/mol. The van der Waals surface area contributed by atoms with Gasteiger partial charge < -0.3 is 5.73 Å². The van der Waals surface area contributed by atoms with Crippen LogP contribution in [0, 0.1) is 5.92 Å². The number of hydrogen-bond acceptors (Lipinski definition) is 4. The Morgan fingerprint density at radius 2 is 2.40 bits per heavy atom. The second-order valence-corrected chi connectivity index (χ2v) is 6.36. The highest BCUT2D eigenvalue weighted by atomic mass is 32.2. The first kappa shape index (κ1) is 10.6. The first-order valence-corrected chi connectivity index (χ1v) is 6.74. The molecule has 1 aromatic heterocycles. The number of hydrogen-bond donors (Lipinski definition) is 1. The average molecular weight is 229 g/mol. The zero-order valence-corrected chi connectivity index (χ0v) is 9.44. The number of nitrogens with two attached hydrogens (primary N) is 1. The number of aryl methyl sites for hydroxylation is 1. The number of sulfone groups is 1. The van der Waals surface area contributed by atoms with Gasteiger partial charge in [-0.2, -0.15) is 5.10 Å². The van der Waals surface area contributed by atoms with Gasteiger partial charge in [-0.15, -0.1) is 0 Å². The highest BCUT2D eigenvalue weighted by Crippen LogP contribution is 2.29. The van der Waals surface area contributed by atoms with Crippen LogP contribution in [-0.2, 0) is 16.9 Å². The summed E-state index contributed by atoms with van der Waals surface area (Å²) >= 11 is 0. The van der Waals surface area contributed by atoms with E-state index in [1.165, 1.54) is 0 Å². The van der Waals surface area contributed by atoms with Crippen LogP contribution in [0.15, 0.2) is 12.4 Å². The molecule has 1 saturated heterocycles. The molecule has 2 unspecified atom stereocenters. The SMILES string of the molecule is Cn1cc(C(N)C2CCS(=O)(=O)C2)cn1. The van der Waals surface area contributed by atoms with Crippen LogP contribution in [0.25, 0.3) is 0 Å². The van der Waals surface area contributed by atoms with Gasteiger partial charge in [0.25, 0.3) is 0 Å². The summed E-state index contributed by atoms with van der Waals surface area (Å²) in [5.41, 5.74) is 6.93. The second-order valence-electron chi connectivity index (χ2n) is 4.14. The number of aromatic nitrogens is 2. The van der Waals surface area contributed by atoms with E-state index in [1.807, 2.05) is 13.2 Å². The van der Waals surface area contributed by atoms with Gasteiger partial charge in [0.15, 0.2) is 9.84 Å². The minimum atomic E-state index is -2.85. The lowest BCUT2D eigenvalue weighted by molar-refractivity contribution is 0.479. The lowest BCUT2D eigenvalue weighted by atomic mass is 9.96. The summed E-state index contributed by atoms with van der Waals surface area (Å²) in [6.07, 6.45) is 4.21. The van der Waals surface area contributed by atoms with Gasteiger partial charge in [-0.3, -0.25) is 4.68 Å². The fraction of sp³-hybridized carbons (Fsp3) is 0.667. The first-order valence-electron chi connectivity index (χ1n) is 4.92. The van der Waals surface area contributed by atoms with Gasteiger partial charge >= 0.3 is 0 Å². The molecule has 2 rings (SSSR count). The van der Waals surface area contributed by atoms with Crippen LogP contribution >= 0.6 is 0 Å². The van der Waals surface area contributed by atoms with Crippen molar-refractivity contribution in [2.24, 2.45) is 18.7 Å². The third kappa shape index (κ3) is 2.21. The van der Waals surface area contributed by atoms with Gasteiger partial charge in [-0.25, -0.2) is 8.42 Å². The molecule has 2 heterocycles. The quantitative estimate of drug-likeness (QED) is 0.765. The molecule has 0 radical (unpaired) electrons. The Labute approximate surface area is 89.2 Å². The molecule has 2 N–H and O–H groups in total. The van der Waals surface area contributed by atoms with Gasteiger partial charge in [0.05, 0.1) is 17.7 Å². The molecule has 0 aliphatic carbocycles. The van der Waals surface area contributed by atoms with E-state index in [0.29, 0.717) is 6.42 Å². The molecule has 0 saturated carbocycles. The normalized spacial score (nSPS) is 26.7. The third-order valence-electron chi connectivity index (χ3n) is 2.89. The first-order chi connectivity index (χ1) is 6.98. The zero-order valence-electron chi connectivity index (χ0n) is 8.63. The highest BCUT2D eigenvalue weighted by Gasteiger charge is 2.32. The van der Waals surface area contributed by atoms with Crippen LogP contribution in [0.3, 0.4) is 0 Å². The molecule has 6 heteroatoms. The van der Waals surface area contributed by atoms with E-state index < -0.39 is 9.84 Å². The minimum absolute atomic E-state index is 0.0409. The van der Waals surface area contributed by atoms with Crippen molar-refractivity contribution >= 4 is 9.84 Å². The van der Waals surface area contributed by atoms with Crippen molar-refractivity contribution < 1.29 is 8.42 Å². The van der Waals surface area contributed by atoms with Crippen molar-refractivity contribution in [3.63, 3.8) is 0 Å². The Morgan fingerprint density at radius 3 is 2.87 bits per heavy atom. The molecule has 1 aliphatic rings. The Balaban J connectivity index is 2.13. The maximum atomic E-state index is 11.3. The fourth-order valence-corrected chi connectivity index (χ4v) is 3.85. The number of nitrogens with zero attached hydrogens (tertiary/aromatic N) is 2. The lowest BCUT2D eigenvalue weighted by Crippen LogP contribution is -2.22. The van der Waals surface area contributed by atoms with Crippen molar-refractivity contribution in [1.29, 1.82) is 0 Å². The van der Waals surface area contributed by atoms with Crippen molar-refractivity contribution in [3.8, 4) is 0 Å². The molecule has 84 valence electrons. The Morgan fingerprint density at radius 1 is 1.67 bits per heavy atom. The van der Waals surface area contributed by atoms with E-state index >= 15 is 0 Å². The van der Waals surface area contributed by atoms with E-state index in [9.17, 15) is 8.42 Å². The Bertz CT molecular complexity index is 452. The summed E-state index contributed by atoms with van der Waals surface area (Å²) in [4.78, 5) is 0. The lowest BCUT2D eigenvalue weighted by Gasteiger charge is -2.15. The van der Waals surface area contributed by atoms with Gasteiger partial charge in [0.1, 0.15) is 0 Å². The van der Waals surface area contributed by atoms with Crippen LogP contribution in [0.4, 0.5) is 0 Å². The van der Waals surface area contributed by atoms with E-state index in [0.717, 1.165) is 5.56 Å². The molecule has 15 heavy (non-hydrogen) atoms. The largest absolute Gasteiger partial charge is 0.324 e.